The first-order valence-electron chi connectivity index (χ1n) is 10.1. The molecular formula is C22H30N2O5. The van der Waals surface area contributed by atoms with Gasteiger partial charge in [-0.2, -0.15) is 0 Å². The van der Waals surface area contributed by atoms with Crippen molar-refractivity contribution < 1.29 is 23.8 Å². The van der Waals surface area contributed by atoms with Crippen LogP contribution in [0.3, 0.4) is 0 Å². The van der Waals surface area contributed by atoms with Crippen LogP contribution in [0.5, 0.6) is 17.2 Å². The van der Waals surface area contributed by atoms with Crippen molar-refractivity contribution in [1.82, 2.24) is 5.32 Å². The molecule has 7 heteroatoms. The lowest BCUT2D eigenvalue weighted by atomic mass is 9.97. The zero-order valence-electron chi connectivity index (χ0n) is 17.5. The summed E-state index contributed by atoms with van der Waals surface area (Å²) < 4.78 is 16.1. The Bertz CT molecular complexity index is 764. The second-order valence-corrected chi connectivity index (χ2v) is 7.44. The molecule has 2 amide bonds. The third-order valence-electron chi connectivity index (χ3n) is 5.59. The maximum atomic E-state index is 12.6. The quantitative estimate of drug-likeness (QED) is 0.676. The first-order valence-corrected chi connectivity index (χ1v) is 10.1. The zero-order valence-corrected chi connectivity index (χ0v) is 17.5. The number of nitrogens with one attached hydrogen (secondary N) is 1. The van der Waals surface area contributed by atoms with Crippen LogP contribution >= 0.6 is 0 Å². The SMILES string of the molecule is COc1cc(N2C[C@H](C(=O)NCCC3=CCCCC3)CC2=O)cc(OC)c1OC. The molecular weight excluding hydrogens is 372 g/mol. The van der Waals surface area contributed by atoms with Gasteiger partial charge in [0.05, 0.1) is 32.9 Å². The van der Waals surface area contributed by atoms with Gasteiger partial charge in [-0.25, -0.2) is 0 Å². The minimum absolute atomic E-state index is 0.0651. The molecule has 1 fully saturated rings. The van der Waals surface area contributed by atoms with E-state index in [0.29, 0.717) is 36.0 Å². The van der Waals surface area contributed by atoms with Crippen LogP contribution in [0.25, 0.3) is 0 Å². The normalized spacial score (nSPS) is 19.0. The van der Waals surface area contributed by atoms with Crippen molar-refractivity contribution in [2.75, 3.05) is 39.3 Å². The van der Waals surface area contributed by atoms with E-state index in [9.17, 15) is 9.59 Å². The summed E-state index contributed by atoms with van der Waals surface area (Å²) in [4.78, 5) is 26.8. The highest BCUT2D eigenvalue weighted by atomic mass is 16.5. The summed E-state index contributed by atoms with van der Waals surface area (Å²) in [7, 11) is 4.60. The highest BCUT2D eigenvalue weighted by Crippen LogP contribution is 2.42. The molecule has 1 aromatic carbocycles. The molecule has 1 atom stereocenters. The highest BCUT2D eigenvalue weighted by Gasteiger charge is 2.35. The second-order valence-electron chi connectivity index (χ2n) is 7.44. The first kappa shape index (κ1) is 21.0. The monoisotopic (exact) mass is 402 g/mol. The zero-order chi connectivity index (χ0) is 20.8. The number of nitrogens with zero attached hydrogens (tertiary/aromatic N) is 1. The number of methoxy groups -OCH3 is 3. The number of hydrogen-bond donors (Lipinski definition) is 1. The van der Waals surface area contributed by atoms with E-state index < -0.39 is 0 Å². The van der Waals surface area contributed by atoms with Gasteiger partial charge < -0.3 is 24.4 Å². The Labute approximate surface area is 172 Å². The van der Waals surface area contributed by atoms with Crippen LogP contribution in [-0.4, -0.2) is 46.2 Å². The molecule has 7 nitrogen and oxygen atoms in total. The van der Waals surface area contributed by atoms with Gasteiger partial charge in [-0.05, 0) is 32.1 Å². The van der Waals surface area contributed by atoms with Gasteiger partial charge in [-0.15, -0.1) is 0 Å². The van der Waals surface area contributed by atoms with Crippen molar-refractivity contribution in [3.05, 3.63) is 23.8 Å². The van der Waals surface area contributed by atoms with Crippen molar-refractivity contribution in [2.24, 2.45) is 5.92 Å². The van der Waals surface area contributed by atoms with Crippen molar-refractivity contribution in [2.45, 2.75) is 38.5 Å². The Hall–Kier alpha value is -2.70. The predicted octanol–water partition coefficient (Wildman–Crippen LogP) is 3.07. The molecule has 0 unspecified atom stereocenters. The van der Waals surface area contributed by atoms with Gasteiger partial charge in [0.25, 0.3) is 0 Å². The van der Waals surface area contributed by atoms with E-state index in [4.69, 9.17) is 14.2 Å². The molecule has 1 N–H and O–H groups in total. The van der Waals surface area contributed by atoms with Gasteiger partial charge in [0.15, 0.2) is 11.5 Å². The van der Waals surface area contributed by atoms with Gasteiger partial charge in [-0.1, -0.05) is 11.6 Å². The van der Waals surface area contributed by atoms with E-state index in [0.717, 1.165) is 19.3 Å². The molecule has 0 aromatic heterocycles. The van der Waals surface area contributed by atoms with Crippen molar-refractivity contribution in [3.8, 4) is 17.2 Å². The maximum absolute atomic E-state index is 12.6. The fraction of sp³-hybridized carbons (Fsp3) is 0.545. The molecule has 2 aliphatic rings. The lowest BCUT2D eigenvalue weighted by Gasteiger charge is -2.20. The van der Waals surface area contributed by atoms with Crippen molar-refractivity contribution in [3.63, 3.8) is 0 Å². The number of carbonyl (C=O) groups excluding carboxylic acids is 2. The summed E-state index contributed by atoms with van der Waals surface area (Å²) in [5.74, 6) is 0.907. The molecule has 0 radical (unpaired) electrons. The second kappa shape index (κ2) is 9.67. The fourth-order valence-electron chi connectivity index (χ4n) is 3.98. The summed E-state index contributed by atoms with van der Waals surface area (Å²) in [6.45, 7) is 0.964. The Kier molecular flexibility index (Phi) is 7.01. The van der Waals surface area contributed by atoms with Crippen LogP contribution in [0.4, 0.5) is 5.69 Å². The lowest BCUT2D eigenvalue weighted by Crippen LogP contribution is -2.33. The van der Waals surface area contributed by atoms with E-state index in [1.807, 2.05) is 0 Å². The standard InChI is InChI=1S/C22H30N2O5/c1-27-18-12-17(13-19(28-2)21(18)29-3)24-14-16(11-20(24)25)22(26)23-10-9-15-7-5-4-6-8-15/h7,12-13,16H,4-6,8-11,14H2,1-3H3,(H,23,26)/t16-/m1/s1. The molecule has 0 bridgehead atoms. The average Bonchev–Trinajstić information content (AvgIpc) is 3.15. The van der Waals surface area contributed by atoms with Crippen LogP contribution in [0, 0.1) is 5.92 Å². The third kappa shape index (κ3) is 4.83. The molecule has 0 spiro atoms. The largest absolute Gasteiger partial charge is 0.493 e. The molecule has 1 aliphatic carbocycles. The number of carbonyl (C=O) groups is 2. The maximum Gasteiger partial charge on any atom is 0.227 e. The first-order chi connectivity index (χ1) is 14.1. The smallest absolute Gasteiger partial charge is 0.227 e. The fourth-order valence-corrected chi connectivity index (χ4v) is 3.98. The van der Waals surface area contributed by atoms with Gasteiger partial charge in [-0.3, -0.25) is 9.59 Å². The van der Waals surface area contributed by atoms with E-state index in [-0.39, 0.29) is 24.2 Å². The predicted molar refractivity (Wildman–Crippen MR) is 111 cm³/mol. The number of ether oxygens (including phenoxy) is 3. The van der Waals surface area contributed by atoms with Crippen LogP contribution in [-0.2, 0) is 9.59 Å². The Balaban J connectivity index is 1.63. The molecule has 0 saturated carbocycles. The summed E-state index contributed by atoms with van der Waals surface area (Å²) in [5, 5.41) is 3.00. The third-order valence-corrected chi connectivity index (χ3v) is 5.59. The Morgan fingerprint density at radius 2 is 1.86 bits per heavy atom. The summed E-state index contributed by atoms with van der Waals surface area (Å²) in [6.07, 6.45) is 8.16. The number of hydrogen-bond acceptors (Lipinski definition) is 5. The van der Waals surface area contributed by atoms with E-state index in [1.165, 1.54) is 39.7 Å². The average molecular weight is 402 g/mol. The summed E-state index contributed by atoms with van der Waals surface area (Å²) >= 11 is 0. The highest BCUT2D eigenvalue weighted by molar-refractivity contribution is 6.00. The number of rotatable bonds is 8. The van der Waals surface area contributed by atoms with Crippen molar-refractivity contribution >= 4 is 17.5 Å². The molecule has 3 rings (SSSR count). The van der Waals surface area contributed by atoms with Gasteiger partial charge >= 0.3 is 0 Å². The number of anilines is 1. The summed E-state index contributed by atoms with van der Waals surface area (Å²) in [5.41, 5.74) is 2.06. The van der Waals surface area contributed by atoms with E-state index in [2.05, 4.69) is 11.4 Å². The van der Waals surface area contributed by atoms with Crippen LogP contribution < -0.4 is 24.4 Å². The molecule has 1 aliphatic heterocycles. The van der Waals surface area contributed by atoms with Crippen LogP contribution in [0.2, 0.25) is 0 Å². The van der Waals surface area contributed by atoms with Crippen molar-refractivity contribution in [1.29, 1.82) is 0 Å². The Morgan fingerprint density at radius 3 is 2.45 bits per heavy atom. The molecule has 158 valence electrons. The van der Waals surface area contributed by atoms with E-state index >= 15 is 0 Å². The van der Waals surface area contributed by atoms with Gasteiger partial charge in [0.2, 0.25) is 17.6 Å². The van der Waals surface area contributed by atoms with E-state index in [1.54, 1.807) is 17.0 Å². The van der Waals surface area contributed by atoms with Gasteiger partial charge in [0, 0.05) is 31.6 Å². The number of benzene rings is 1. The number of amides is 2. The molecule has 1 aromatic rings. The lowest BCUT2D eigenvalue weighted by molar-refractivity contribution is -0.126. The molecule has 29 heavy (non-hydrogen) atoms. The molecule has 1 heterocycles. The number of allylic oxidation sites excluding steroid dienone is 1. The topological polar surface area (TPSA) is 77.1 Å². The van der Waals surface area contributed by atoms with Crippen LogP contribution in [0.15, 0.2) is 23.8 Å². The summed E-state index contributed by atoms with van der Waals surface area (Å²) in [6, 6.07) is 3.46. The Morgan fingerprint density at radius 1 is 1.14 bits per heavy atom. The van der Waals surface area contributed by atoms with Gasteiger partial charge in [0.1, 0.15) is 0 Å². The minimum atomic E-state index is -0.359. The molecule has 1 saturated heterocycles. The van der Waals surface area contributed by atoms with Crippen LogP contribution in [0.1, 0.15) is 38.5 Å². The minimum Gasteiger partial charge on any atom is -0.493 e.